The molecule has 1 aliphatic heterocycles. The molecular formula is C27H23N7O2. The number of carbonyl (C=O) groups is 2. The number of pyridine rings is 2. The van der Waals surface area contributed by atoms with Crippen LogP contribution in [-0.4, -0.2) is 49.6 Å². The molecule has 9 nitrogen and oxygen atoms in total. The van der Waals surface area contributed by atoms with Crippen LogP contribution < -0.4 is 5.32 Å². The standard InChI is InChI=1S/C27H23N7O2/c1-2-24(35)33-13-5-6-21(17-33)34-26-20(14-28)15-29-16-22(26)25(32-34)18-8-10-19(11-9-18)27(36)31-23-7-3-4-12-30-23/h2-4,7-12,15-16,21H,1,5-6,13,17H2,(H,30,31,36)/t21-/m1/s1. The molecule has 1 atom stereocenters. The van der Waals surface area contributed by atoms with Crippen LogP contribution in [0.3, 0.4) is 0 Å². The van der Waals surface area contributed by atoms with Gasteiger partial charge in [-0.1, -0.05) is 24.8 Å². The number of fused-ring (bicyclic) bond motifs is 1. The molecule has 5 rings (SSSR count). The molecule has 1 aliphatic rings. The molecule has 0 spiro atoms. The first-order valence-electron chi connectivity index (χ1n) is 11.6. The van der Waals surface area contributed by atoms with Gasteiger partial charge in [-0.3, -0.25) is 19.3 Å². The van der Waals surface area contributed by atoms with Crippen LogP contribution in [0, 0.1) is 11.3 Å². The zero-order valence-electron chi connectivity index (χ0n) is 19.5. The number of nitriles is 1. The van der Waals surface area contributed by atoms with Gasteiger partial charge >= 0.3 is 0 Å². The summed E-state index contributed by atoms with van der Waals surface area (Å²) in [5, 5.41) is 18.2. The molecule has 0 saturated carbocycles. The Morgan fingerprint density at radius 2 is 2.00 bits per heavy atom. The Kier molecular flexibility index (Phi) is 6.24. The fraction of sp³-hybridized carbons (Fsp3) is 0.185. The molecule has 1 saturated heterocycles. The fourth-order valence-corrected chi connectivity index (χ4v) is 4.53. The number of likely N-dealkylation sites (tertiary alicyclic amines) is 1. The summed E-state index contributed by atoms with van der Waals surface area (Å²) in [5.41, 5.74) is 3.05. The molecule has 2 amide bonds. The van der Waals surface area contributed by atoms with Gasteiger partial charge in [-0.2, -0.15) is 10.4 Å². The van der Waals surface area contributed by atoms with Gasteiger partial charge in [0.1, 0.15) is 17.6 Å². The van der Waals surface area contributed by atoms with Gasteiger partial charge in [0.25, 0.3) is 5.91 Å². The van der Waals surface area contributed by atoms with E-state index in [4.69, 9.17) is 5.10 Å². The molecule has 1 aromatic carbocycles. The largest absolute Gasteiger partial charge is 0.337 e. The zero-order chi connectivity index (χ0) is 25.1. The van der Waals surface area contributed by atoms with E-state index in [1.54, 1.807) is 47.6 Å². The number of benzene rings is 1. The van der Waals surface area contributed by atoms with Gasteiger partial charge < -0.3 is 10.2 Å². The highest BCUT2D eigenvalue weighted by molar-refractivity contribution is 6.04. The minimum atomic E-state index is -0.266. The molecule has 4 aromatic rings. The van der Waals surface area contributed by atoms with Gasteiger partial charge in [-0.25, -0.2) is 4.98 Å². The lowest BCUT2D eigenvalue weighted by Gasteiger charge is -2.32. The molecule has 0 bridgehead atoms. The van der Waals surface area contributed by atoms with Crippen LogP contribution in [0.2, 0.25) is 0 Å². The predicted octanol–water partition coefficient (Wildman–Crippen LogP) is 3.97. The van der Waals surface area contributed by atoms with Crippen LogP contribution in [0.5, 0.6) is 0 Å². The minimum Gasteiger partial charge on any atom is -0.337 e. The molecular weight excluding hydrogens is 454 g/mol. The second kappa shape index (κ2) is 9.80. The quantitative estimate of drug-likeness (QED) is 0.435. The van der Waals surface area contributed by atoms with E-state index >= 15 is 0 Å². The summed E-state index contributed by atoms with van der Waals surface area (Å²) in [6, 6.07) is 14.6. The maximum Gasteiger partial charge on any atom is 0.256 e. The zero-order valence-corrected chi connectivity index (χ0v) is 19.5. The Balaban J connectivity index is 1.50. The first kappa shape index (κ1) is 22.9. The normalized spacial score (nSPS) is 15.3. The SMILES string of the molecule is C=CC(=O)N1CCC[C@@H](n2nc(-c3ccc(C(=O)Nc4ccccn4)cc3)c3cncc(C#N)c32)C1. The van der Waals surface area contributed by atoms with Gasteiger partial charge in [0.15, 0.2) is 0 Å². The van der Waals surface area contributed by atoms with E-state index in [1.807, 2.05) is 16.8 Å². The third-order valence-corrected chi connectivity index (χ3v) is 6.29. The maximum absolute atomic E-state index is 12.6. The second-order valence-corrected chi connectivity index (χ2v) is 8.52. The average Bonchev–Trinajstić information content (AvgIpc) is 3.33. The van der Waals surface area contributed by atoms with E-state index < -0.39 is 0 Å². The first-order valence-corrected chi connectivity index (χ1v) is 11.6. The van der Waals surface area contributed by atoms with Gasteiger partial charge in [-0.05, 0) is 43.2 Å². The van der Waals surface area contributed by atoms with Crippen molar-refractivity contribution in [2.24, 2.45) is 0 Å². The van der Waals surface area contributed by atoms with Crippen molar-refractivity contribution >= 4 is 28.5 Å². The van der Waals surface area contributed by atoms with Crippen molar-refractivity contribution < 1.29 is 9.59 Å². The first-order chi connectivity index (χ1) is 17.6. The van der Waals surface area contributed by atoms with Crippen LogP contribution in [0.15, 0.2) is 73.7 Å². The monoisotopic (exact) mass is 477 g/mol. The smallest absolute Gasteiger partial charge is 0.256 e. The van der Waals surface area contributed by atoms with E-state index in [1.165, 1.54) is 12.3 Å². The summed E-state index contributed by atoms with van der Waals surface area (Å²) < 4.78 is 1.86. The van der Waals surface area contributed by atoms with E-state index in [0.29, 0.717) is 41.2 Å². The van der Waals surface area contributed by atoms with Crippen LogP contribution in [0.25, 0.3) is 22.2 Å². The highest BCUT2D eigenvalue weighted by atomic mass is 16.2. The van der Waals surface area contributed by atoms with Crippen molar-refractivity contribution in [2.75, 3.05) is 18.4 Å². The van der Waals surface area contributed by atoms with Gasteiger partial charge in [0, 0.05) is 48.2 Å². The van der Waals surface area contributed by atoms with Crippen molar-refractivity contribution in [1.29, 1.82) is 5.26 Å². The molecule has 178 valence electrons. The second-order valence-electron chi connectivity index (χ2n) is 8.52. The summed E-state index contributed by atoms with van der Waals surface area (Å²) in [6.45, 7) is 4.76. The lowest BCUT2D eigenvalue weighted by molar-refractivity contribution is -0.127. The number of piperidine rings is 1. The molecule has 0 aliphatic carbocycles. The van der Waals surface area contributed by atoms with Crippen molar-refractivity contribution in [2.45, 2.75) is 18.9 Å². The lowest BCUT2D eigenvalue weighted by atomic mass is 10.0. The molecule has 1 N–H and O–H groups in total. The number of hydrogen-bond donors (Lipinski definition) is 1. The number of nitrogens with one attached hydrogen (secondary N) is 1. The fourth-order valence-electron chi connectivity index (χ4n) is 4.53. The summed E-state index contributed by atoms with van der Waals surface area (Å²) >= 11 is 0. The Labute approximate surface area is 207 Å². The maximum atomic E-state index is 12.6. The van der Waals surface area contributed by atoms with Crippen molar-refractivity contribution in [3.8, 4) is 17.3 Å². The Hall–Kier alpha value is -4.84. The van der Waals surface area contributed by atoms with E-state index in [2.05, 4.69) is 27.9 Å². The number of aromatic nitrogens is 4. The molecule has 36 heavy (non-hydrogen) atoms. The Morgan fingerprint density at radius 1 is 1.17 bits per heavy atom. The average molecular weight is 478 g/mol. The summed E-state index contributed by atoms with van der Waals surface area (Å²) in [5.74, 6) is 0.0965. The summed E-state index contributed by atoms with van der Waals surface area (Å²) in [4.78, 5) is 35.0. The molecule has 4 heterocycles. The van der Waals surface area contributed by atoms with Crippen molar-refractivity contribution in [3.63, 3.8) is 0 Å². The van der Waals surface area contributed by atoms with Crippen LogP contribution >= 0.6 is 0 Å². The number of anilines is 1. The third-order valence-electron chi connectivity index (χ3n) is 6.29. The van der Waals surface area contributed by atoms with Gasteiger partial charge in [-0.15, -0.1) is 0 Å². The van der Waals surface area contributed by atoms with Gasteiger partial charge in [0.05, 0.1) is 17.1 Å². The predicted molar refractivity (Wildman–Crippen MR) is 135 cm³/mol. The number of rotatable bonds is 5. The number of hydrogen-bond acceptors (Lipinski definition) is 6. The minimum absolute atomic E-state index is 0.0863. The lowest BCUT2D eigenvalue weighted by Crippen LogP contribution is -2.40. The van der Waals surface area contributed by atoms with E-state index in [9.17, 15) is 14.9 Å². The Morgan fingerprint density at radius 3 is 2.72 bits per heavy atom. The van der Waals surface area contributed by atoms with E-state index in [-0.39, 0.29) is 17.9 Å². The molecule has 1 fully saturated rings. The van der Waals surface area contributed by atoms with Crippen LogP contribution in [0.4, 0.5) is 5.82 Å². The molecule has 9 heteroatoms. The van der Waals surface area contributed by atoms with E-state index in [0.717, 1.165) is 23.8 Å². The molecule has 0 radical (unpaired) electrons. The summed E-state index contributed by atoms with van der Waals surface area (Å²) in [7, 11) is 0. The molecule has 0 unspecified atom stereocenters. The number of carbonyl (C=O) groups excluding carboxylic acids is 2. The third kappa shape index (κ3) is 4.32. The molecule has 3 aromatic heterocycles. The summed E-state index contributed by atoms with van der Waals surface area (Å²) in [6.07, 6.45) is 7.83. The van der Waals surface area contributed by atoms with Crippen molar-refractivity contribution in [3.05, 3.63) is 84.8 Å². The highest BCUT2D eigenvalue weighted by Crippen LogP contribution is 2.33. The van der Waals surface area contributed by atoms with Crippen LogP contribution in [-0.2, 0) is 4.79 Å². The topological polar surface area (TPSA) is 117 Å². The van der Waals surface area contributed by atoms with Gasteiger partial charge in [0.2, 0.25) is 5.91 Å². The van der Waals surface area contributed by atoms with Crippen LogP contribution in [0.1, 0.15) is 34.8 Å². The van der Waals surface area contributed by atoms with Crippen molar-refractivity contribution in [1.82, 2.24) is 24.6 Å². The Bertz CT molecular complexity index is 1490. The highest BCUT2D eigenvalue weighted by Gasteiger charge is 2.27. The number of nitrogens with zero attached hydrogens (tertiary/aromatic N) is 6. The number of amides is 2.